The van der Waals surface area contributed by atoms with Gasteiger partial charge in [-0.3, -0.25) is 4.79 Å². The van der Waals surface area contributed by atoms with Crippen LogP contribution in [0.3, 0.4) is 0 Å². The van der Waals surface area contributed by atoms with Gasteiger partial charge in [-0.2, -0.15) is 0 Å². The number of carbonyl (C=O) groups is 1. The predicted octanol–water partition coefficient (Wildman–Crippen LogP) is 4.36. The molecule has 1 amide bonds. The Morgan fingerprint density at radius 3 is 2.76 bits per heavy atom. The lowest BCUT2D eigenvalue weighted by molar-refractivity contribution is -0.121. The number of hydrogen-bond donors (Lipinski definition) is 2. The summed E-state index contributed by atoms with van der Waals surface area (Å²) >= 11 is 3.38. The Morgan fingerprint density at radius 2 is 2.14 bits per heavy atom. The molecule has 1 aromatic heterocycles. The first-order valence-electron chi connectivity index (χ1n) is 7.82. The maximum atomic E-state index is 12.3. The van der Waals surface area contributed by atoms with E-state index in [1.807, 2.05) is 0 Å². The van der Waals surface area contributed by atoms with E-state index < -0.39 is 0 Å². The maximum Gasteiger partial charge on any atom is 0.228 e. The quantitative estimate of drug-likeness (QED) is 0.825. The number of unbranched alkanes of at least 4 members (excludes halogenated alkanes) is 1. The molecule has 3 N–H and O–H groups in total. The summed E-state index contributed by atoms with van der Waals surface area (Å²) in [6.45, 7) is 2.23. The summed E-state index contributed by atoms with van der Waals surface area (Å²) in [5.74, 6) is 1.58. The van der Waals surface area contributed by atoms with E-state index >= 15 is 0 Å². The number of nitrogens with zero attached hydrogens (tertiary/aromatic N) is 1. The van der Waals surface area contributed by atoms with E-state index in [-0.39, 0.29) is 11.8 Å². The molecule has 0 saturated heterocycles. The topological polar surface area (TPSA) is 68.0 Å². The maximum absolute atomic E-state index is 12.3. The summed E-state index contributed by atoms with van der Waals surface area (Å²) in [7, 11) is 0. The Bertz CT molecular complexity index is 484. The SMILES string of the molecule is CCCCC1CCC(C(=O)Nc2ncc(N)cc2Br)CC1. The van der Waals surface area contributed by atoms with Gasteiger partial charge in [-0.1, -0.05) is 26.2 Å². The number of carbonyl (C=O) groups excluding carboxylic acids is 1. The van der Waals surface area contributed by atoms with Gasteiger partial charge in [-0.25, -0.2) is 4.98 Å². The molecular formula is C16H24BrN3O. The van der Waals surface area contributed by atoms with Crippen molar-refractivity contribution in [1.29, 1.82) is 0 Å². The van der Waals surface area contributed by atoms with Gasteiger partial charge in [0.15, 0.2) is 0 Å². The van der Waals surface area contributed by atoms with Gasteiger partial charge in [0.05, 0.1) is 16.4 Å². The van der Waals surface area contributed by atoms with Crippen LogP contribution in [0.2, 0.25) is 0 Å². The van der Waals surface area contributed by atoms with E-state index in [0.717, 1.165) is 23.2 Å². The second kappa shape index (κ2) is 7.78. The number of anilines is 2. The Labute approximate surface area is 135 Å². The summed E-state index contributed by atoms with van der Waals surface area (Å²) in [6, 6.07) is 1.75. The minimum absolute atomic E-state index is 0.0851. The summed E-state index contributed by atoms with van der Waals surface area (Å²) in [6.07, 6.45) is 9.78. The lowest BCUT2D eigenvalue weighted by atomic mass is 9.79. The van der Waals surface area contributed by atoms with E-state index in [2.05, 4.69) is 33.2 Å². The van der Waals surface area contributed by atoms with Crippen molar-refractivity contribution in [2.45, 2.75) is 51.9 Å². The zero-order chi connectivity index (χ0) is 15.2. The van der Waals surface area contributed by atoms with Crippen molar-refractivity contribution in [1.82, 2.24) is 4.98 Å². The number of nitrogen functional groups attached to an aromatic ring is 1. The number of amides is 1. The smallest absolute Gasteiger partial charge is 0.228 e. The predicted molar refractivity (Wildman–Crippen MR) is 90.0 cm³/mol. The number of aromatic nitrogens is 1. The summed E-state index contributed by atoms with van der Waals surface area (Å²) in [5.41, 5.74) is 6.23. The monoisotopic (exact) mass is 353 g/mol. The van der Waals surface area contributed by atoms with Crippen LogP contribution in [-0.4, -0.2) is 10.9 Å². The molecular weight excluding hydrogens is 330 g/mol. The van der Waals surface area contributed by atoms with Crippen LogP contribution in [0.5, 0.6) is 0 Å². The van der Waals surface area contributed by atoms with Crippen LogP contribution in [0, 0.1) is 11.8 Å². The molecule has 1 aliphatic rings. The molecule has 1 heterocycles. The van der Waals surface area contributed by atoms with Gasteiger partial charge in [-0.15, -0.1) is 0 Å². The van der Waals surface area contributed by atoms with E-state index in [1.165, 1.54) is 32.1 Å². The van der Waals surface area contributed by atoms with Crippen LogP contribution < -0.4 is 11.1 Å². The normalized spacial score (nSPS) is 22.0. The molecule has 0 bridgehead atoms. The highest BCUT2D eigenvalue weighted by atomic mass is 79.9. The van der Waals surface area contributed by atoms with E-state index in [4.69, 9.17) is 5.73 Å². The van der Waals surface area contributed by atoms with Crippen LogP contribution in [0.15, 0.2) is 16.7 Å². The molecule has 0 spiro atoms. The van der Waals surface area contributed by atoms with Crippen molar-refractivity contribution in [3.05, 3.63) is 16.7 Å². The fraction of sp³-hybridized carbons (Fsp3) is 0.625. The van der Waals surface area contributed by atoms with Crippen molar-refractivity contribution >= 4 is 33.3 Å². The zero-order valence-electron chi connectivity index (χ0n) is 12.6. The number of pyridine rings is 1. The van der Waals surface area contributed by atoms with Crippen molar-refractivity contribution in [2.24, 2.45) is 11.8 Å². The number of nitrogens with two attached hydrogens (primary N) is 1. The second-order valence-corrected chi connectivity index (χ2v) is 6.80. The lowest BCUT2D eigenvalue weighted by Gasteiger charge is -2.27. The van der Waals surface area contributed by atoms with Gasteiger partial charge in [0.25, 0.3) is 0 Å². The van der Waals surface area contributed by atoms with E-state index in [1.54, 1.807) is 12.3 Å². The highest BCUT2D eigenvalue weighted by molar-refractivity contribution is 9.10. The van der Waals surface area contributed by atoms with Crippen molar-refractivity contribution < 1.29 is 4.79 Å². The average molecular weight is 354 g/mol. The highest BCUT2D eigenvalue weighted by Crippen LogP contribution is 2.33. The number of hydrogen-bond acceptors (Lipinski definition) is 3. The standard InChI is InChI=1S/C16H24BrN3O/c1-2-3-4-11-5-7-12(8-6-11)16(21)20-15-14(17)9-13(18)10-19-15/h9-12H,2-8,18H2,1H3,(H,19,20,21). The third-order valence-electron chi connectivity index (χ3n) is 4.29. The minimum Gasteiger partial charge on any atom is -0.397 e. The Balaban J connectivity index is 1.84. The molecule has 2 rings (SSSR count). The highest BCUT2D eigenvalue weighted by Gasteiger charge is 2.26. The molecule has 116 valence electrons. The molecule has 1 saturated carbocycles. The molecule has 1 aromatic rings. The van der Waals surface area contributed by atoms with E-state index in [9.17, 15) is 4.79 Å². The van der Waals surface area contributed by atoms with Gasteiger partial charge < -0.3 is 11.1 Å². The summed E-state index contributed by atoms with van der Waals surface area (Å²) in [4.78, 5) is 16.5. The first kappa shape index (κ1) is 16.3. The van der Waals surface area contributed by atoms with Gasteiger partial charge in [0, 0.05) is 5.92 Å². The molecule has 1 aliphatic carbocycles. The van der Waals surface area contributed by atoms with Crippen LogP contribution >= 0.6 is 15.9 Å². The van der Waals surface area contributed by atoms with Crippen LogP contribution in [0.4, 0.5) is 11.5 Å². The first-order chi connectivity index (χ1) is 10.1. The zero-order valence-corrected chi connectivity index (χ0v) is 14.2. The van der Waals surface area contributed by atoms with Crippen LogP contribution in [0.1, 0.15) is 51.9 Å². The Kier molecular flexibility index (Phi) is 6.03. The molecule has 0 aromatic carbocycles. The number of halogens is 1. The number of rotatable bonds is 5. The third-order valence-corrected chi connectivity index (χ3v) is 4.89. The van der Waals surface area contributed by atoms with Crippen molar-refractivity contribution in [3.63, 3.8) is 0 Å². The van der Waals surface area contributed by atoms with Gasteiger partial charge in [-0.05, 0) is 53.6 Å². The molecule has 5 heteroatoms. The third kappa shape index (κ3) is 4.70. The van der Waals surface area contributed by atoms with Crippen molar-refractivity contribution in [3.8, 4) is 0 Å². The molecule has 0 atom stereocenters. The Hall–Kier alpha value is -1.10. The van der Waals surface area contributed by atoms with Gasteiger partial charge in [0.1, 0.15) is 5.82 Å². The molecule has 21 heavy (non-hydrogen) atoms. The molecule has 0 aliphatic heterocycles. The molecule has 1 fully saturated rings. The second-order valence-electron chi connectivity index (χ2n) is 5.95. The van der Waals surface area contributed by atoms with E-state index in [0.29, 0.717) is 11.5 Å². The van der Waals surface area contributed by atoms with Crippen LogP contribution in [-0.2, 0) is 4.79 Å². The lowest BCUT2D eigenvalue weighted by Crippen LogP contribution is -2.27. The molecule has 0 radical (unpaired) electrons. The van der Waals surface area contributed by atoms with Gasteiger partial charge >= 0.3 is 0 Å². The summed E-state index contributed by atoms with van der Waals surface area (Å²) in [5, 5.41) is 2.91. The minimum atomic E-state index is 0.0851. The average Bonchev–Trinajstić information content (AvgIpc) is 2.48. The van der Waals surface area contributed by atoms with Crippen LogP contribution in [0.25, 0.3) is 0 Å². The molecule has 0 unspecified atom stereocenters. The van der Waals surface area contributed by atoms with Crippen molar-refractivity contribution in [2.75, 3.05) is 11.1 Å². The van der Waals surface area contributed by atoms with Gasteiger partial charge in [0.2, 0.25) is 5.91 Å². The fourth-order valence-electron chi connectivity index (χ4n) is 2.97. The summed E-state index contributed by atoms with van der Waals surface area (Å²) < 4.78 is 0.729. The number of nitrogens with one attached hydrogen (secondary N) is 1. The Morgan fingerprint density at radius 1 is 1.43 bits per heavy atom. The largest absolute Gasteiger partial charge is 0.397 e. The fourth-order valence-corrected chi connectivity index (χ4v) is 3.44. The first-order valence-corrected chi connectivity index (χ1v) is 8.61. The molecule has 4 nitrogen and oxygen atoms in total.